The van der Waals surface area contributed by atoms with Gasteiger partial charge in [0.15, 0.2) is 5.96 Å². The van der Waals surface area contributed by atoms with E-state index in [0.717, 1.165) is 41.1 Å². The van der Waals surface area contributed by atoms with E-state index in [1.165, 1.54) is 0 Å². The van der Waals surface area contributed by atoms with Crippen LogP contribution in [0.4, 0.5) is 5.82 Å². The molecule has 0 aromatic carbocycles. The summed E-state index contributed by atoms with van der Waals surface area (Å²) in [7, 11) is 1.78. The number of nitrogens with one attached hydrogen (secondary N) is 2. The van der Waals surface area contributed by atoms with Crippen LogP contribution in [0.2, 0.25) is 0 Å². The maximum Gasteiger partial charge on any atom is 0.191 e. The third-order valence-electron chi connectivity index (χ3n) is 4.15. The van der Waals surface area contributed by atoms with Gasteiger partial charge in [0.25, 0.3) is 0 Å². The first-order valence-electron chi connectivity index (χ1n) is 9.16. The van der Waals surface area contributed by atoms with Gasteiger partial charge < -0.3 is 15.5 Å². The first kappa shape index (κ1) is 20.2. The molecular formula is C19H30N6S. The van der Waals surface area contributed by atoms with E-state index in [2.05, 4.69) is 75.7 Å². The molecule has 0 saturated carbocycles. The predicted octanol–water partition coefficient (Wildman–Crippen LogP) is 3.37. The summed E-state index contributed by atoms with van der Waals surface area (Å²) in [4.78, 5) is 15.7. The van der Waals surface area contributed by atoms with E-state index in [1.807, 2.05) is 6.20 Å². The van der Waals surface area contributed by atoms with Gasteiger partial charge >= 0.3 is 0 Å². The van der Waals surface area contributed by atoms with Gasteiger partial charge in [-0.1, -0.05) is 19.9 Å². The highest BCUT2D eigenvalue weighted by molar-refractivity contribution is 7.09. The van der Waals surface area contributed by atoms with Crippen molar-refractivity contribution >= 4 is 23.1 Å². The lowest BCUT2D eigenvalue weighted by Gasteiger charge is -2.19. The number of hydrogen-bond donors (Lipinski definition) is 2. The molecule has 2 aromatic rings. The van der Waals surface area contributed by atoms with Gasteiger partial charge in [0.05, 0.1) is 12.2 Å². The monoisotopic (exact) mass is 374 g/mol. The summed E-state index contributed by atoms with van der Waals surface area (Å²) in [5, 5.41) is 9.84. The fourth-order valence-corrected chi connectivity index (χ4v) is 3.39. The van der Waals surface area contributed by atoms with Crippen LogP contribution in [0.3, 0.4) is 0 Å². The van der Waals surface area contributed by atoms with Crippen molar-refractivity contribution < 1.29 is 0 Å². The topological polar surface area (TPSA) is 65.4 Å². The van der Waals surface area contributed by atoms with Gasteiger partial charge in [-0.25, -0.2) is 9.97 Å². The fraction of sp³-hybridized carbons (Fsp3) is 0.526. The van der Waals surface area contributed by atoms with Crippen LogP contribution >= 0.6 is 11.3 Å². The van der Waals surface area contributed by atoms with Crippen LogP contribution in [0.5, 0.6) is 0 Å². The average molecular weight is 375 g/mol. The van der Waals surface area contributed by atoms with Crippen molar-refractivity contribution in [2.24, 2.45) is 4.99 Å². The molecule has 6 nitrogen and oxygen atoms in total. The lowest BCUT2D eigenvalue weighted by molar-refractivity contribution is 0.783. The lowest BCUT2D eigenvalue weighted by atomic mass is 10.2. The molecule has 0 aliphatic rings. The van der Waals surface area contributed by atoms with Crippen molar-refractivity contribution in [3.05, 3.63) is 40.0 Å². The summed E-state index contributed by atoms with van der Waals surface area (Å²) >= 11 is 1.68. The lowest BCUT2D eigenvalue weighted by Crippen LogP contribution is -2.36. The smallest absolute Gasteiger partial charge is 0.191 e. The molecule has 2 heterocycles. The van der Waals surface area contributed by atoms with Crippen LogP contribution in [-0.4, -0.2) is 36.1 Å². The largest absolute Gasteiger partial charge is 0.357 e. The second-order valence-corrected chi connectivity index (χ2v) is 7.24. The van der Waals surface area contributed by atoms with Gasteiger partial charge in [-0.05, 0) is 31.4 Å². The molecule has 0 aliphatic heterocycles. The minimum atomic E-state index is 0.462. The molecule has 7 heteroatoms. The Kier molecular flexibility index (Phi) is 7.84. The predicted molar refractivity (Wildman–Crippen MR) is 111 cm³/mol. The van der Waals surface area contributed by atoms with Gasteiger partial charge in [-0.3, -0.25) is 4.99 Å². The van der Waals surface area contributed by atoms with E-state index in [1.54, 1.807) is 18.4 Å². The SMILES string of the molecule is CCN(CC)c1ccc(CNC(=NC)NCc2nc(C(C)C)cs2)cn1. The van der Waals surface area contributed by atoms with Crippen LogP contribution in [0, 0.1) is 0 Å². The zero-order chi connectivity index (χ0) is 18.9. The van der Waals surface area contributed by atoms with Gasteiger partial charge in [0, 0.05) is 38.3 Å². The zero-order valence-corrected chi connectivity index (χ0v) is 17.2. The molecule has 0 unspecified atom stereocenters. The summed E-state index contributed by atoms with van der Waals surface area (Å²) in [5.74, 6) is 2.24. The molecular weight excluding hydrogens is 344 g/mol. The summed E-state index contributed by atoms with van der Waals surface area (Å²) in [6.07, 6.45) is 1.92. The zero-order valence-electron chi connectivity index (χ0n) is 16.4. The number of pyridine rings is 1. The third-order valence-corrected chi connectivity index (χ3v) is 5.02. The van der Waals surface area contributed by atoms with E-state index >= 15 is 0 Å². The maximum atomic E-state index is 4.64. The number of aliphatic imine (C=N–C) groups is 1. The van der Waals surface area contributed by atoms with Crippen molar-refractivity contribution in [1.29, 1.82) is 0 Å². The molecule has 2 rings (SSSR count). The molecule has 26 heavy (non-hydrogen) atoms. The number of rotatable bonds is 8. The van der Waals surface area contributed by atoms with E-state index in [4.69, 9.17) is 0 Å². The maximum absolute atomic E-state index is 4.64. The van der Waals surface area contributed by atoms with Crippen molar-refractivity contribution in [1.82, 2.24) is 20.6 Å². The highest BCUT2D eigenvalue weighted by Gasteiger charge is 2.07. The number of hydrogen-bond acceptors (Lipinski definition) is 5. The van der Waals surface area contributed by atoms with Crippen molar-refractivity contribution in [2.45, 2.75) is 46.7 Å². The Hall–Kier alpha value is -2.15. The van der Waals surface area contributed by atoms with Crippen LogP contribution in [-0.2, 0) is 13.1 Å². The fourth-order valence-electron chi connectivity index (χ4n) is 2.49. The number of guanidine groups is 1. The molecule has 0 saturated heterocycles. The van der Waals surface area contributed by atoms with Gasteiger partial charge in [-0.15, -0.1) is 11.3 Å². The van der Waals surface area contributed by atoms with E-state index < -0.39 is 0 Å². The molecule has 0 atom stereocenters. The molecule has 0 amide bonds. The number of nitrogens with zero attached hydrogens (tertiary/aromatic N) is 4. The normalized spacial score (nSPS) is 11.7. The van der Waals surface area contributed by atoms with E-state index in [9.17, 15) is 0 Å². The first-order valence-corrected chi connectivity index (χ1v) is 10.0. The minimum absolute atomic E-state index is 0.462. The molecule has 142 valence electrons. The number of thiazole rings is 1. The Labute approximate surface area is 160 Å². The van der Waals surface area contributed by atoms with Crippen molar-refractivity contribution in [2.75, 3.05) is 25.0 Å². The number of anilines is 1. The quantitative estimate of drug-likeness (QED) is 0.548. The van der Waals surface area contributed by atoms with Crippen molar-refractivity contribution in [3.8, 4) is 0 Å². The van der Waals surface area contributed by atoms with Crippen LogP contribution in [0.1, 0.15) is 49.9 Å². The molecule has 2 aromatic heterocycles. The molecule has 0 aliphatic carbocycles. The summed E-state index contributed by atoms with van der Waals surface area (Å²) in [5.41, 5.74) is 2.27. The number of aromatic nitrogens is 2. The highest BCUT2D eigenvalue weighted by atomic mass is 32.1. The summed E-state index contributed by atoms with van der Waals surface area (Å²) in [6, 6.07) is 4.18. The Morgan fingerprint density at radius 3 is 2.46 bits per heavy atom. The summed E-state index contributed by atoms with van der Waals surface area (Å²) in [6.45, 7) is 11.9. The Balaban J connectivity index is 1.84. The Bertz CT molecular complexity index is 688. The molecule has 0 radical (unpaired) electrons. The second-order valence-electron chi connectivity index (χ2n) is 6.30. The average Bonchev–Trinajstić information content (AvgIpc) is 3.13. The third kappa shape index (κ3) is 5.69. The Morgan fingerprint density at radius 1 is 1.19 bits per heavy atom. The standard InChI is InChI=1S/C19H30N6S/c1-6-25(7-2)17-9-8-15(10-21-17)11-22-19(20-5)23-12-18-24-16(13-26-18)14(3)4/h8-10,13-14H,6-7,11-12H2,1-5H3,(H2,20,22,23). The van der Waals surface area contributed by atoms with Crippen molar-refractivity contribution in [3.63, 3.8) is 0 Å². The molecule has 0 spiro atoms. The van der Waals surface area contributed by atoms with E-state index in [-0.39, 0.29) is 0 Å². The molecule has 2 N–H and O–H groups in total. The Morgan fingerprint density at radius 2 is 1.92 bits per heavy atom. The van der Waals surface area contributed by atoms with Gasteiger partial charge in [0.1, 0.15) is 10.8 Å². The van der Waals surface area contributed by atoms with Crippen LogP contribution < -0.4 is 15.5 Å². The van der Waals surface area contributed by atoms with Crippen LogP contribution in [0.25, 0.3) is 0 Å². The van der Waals surface area contributed by atoms with E-state index in [0.29, 0.717) is 19.0 Å². The molecule has 0 fully saturated rings. The minimum Gasteiger partial charge on any atom is -0.357 e. The molecule has 0 bridgehead atoms. The second kappa shape index (κ2) is 10.1. The van der Waals surface area contributed by atoms with Gasteiger partial charge in [-0.2, -0.15) is 0 Å². The highest BCUT2D eigenvalue weighted by Crippen LogP contribution is 2.17. The first-order chi connectivity index (χ1) is 12.6. The van der Waals surface area contributed by atoms with Crippen LogP contribution in [0.15, 0.2) is 28.7 Å². The van der Waals surface area contributed by atoms with Gasteiger partial charge in [0.2, 0.25) is 0 Å². The summed E-state index contributed by atoms with van der Waals surface area (Å²) < 4.78 is 0.